The monoisotopic (exact) mass is 288 g/mol. The van der Waals surface area contributed by atoms with Gasteiger partial charge in [0.2, 0.25) is 0 Å². The summed E-state index contributed by atoms with van der Waals surface area (Å²) < 4.78 is 16.1. The molecule has 0 spiro atoms. The molecule has 4 nitrogen and oxygen atoms in total. The van der Waals surface area contributed by atoms with E-state index in [1.54, 1.807) is 32.4 Å². The van der Waals surface area contributed by atoms with Gasteiger partial charge in [0.1, 0.15) is 23.4 Å². The molecule has 0 amide bonds. The highest BCUT2D eigenvalue weighted by molar-refractivity contribution is 5.48. The summed E-state index contributed by atoms with van der Waals surface area (Å²) in [7, 11) is 3.17. The summed E-state index contributed by atoms with van der Waals surface area (Å²) in [6, 6.07) is 12.8. The average Bonchev–Trinajstić information content (AvgIpc) is 2.54. The van der Waals surface area contributed by atoms with Crippen LogP contribution >= 0.6 is 0 Å². The number of methoxy groups -OCH3 is 2. The number of aliphatic hydroxyl groups is 1. The number of hydrogen-bond acceptors (Lipinski definition) is 4. The van der Waals surface area contributed by atoms with Crippen LogP contribution in [0.1, 0.15) is 24.2 Å². The molecular formula is C17H20O4. The lowest BCUT2D eigenvalue weighted by Gasteiger charge is -2.18. The summed E-state index contributed by atoms with van der Waals surface area (Å²) in [5, 5.41) is 10.7. The van der Waals surface area contributed by atoms with Crippen molar-refractivity contribution in [2.24, 2.45) is 0 Å². The molecule has 2 aromatic carbocycles. The quantitative estimate of drug-likeness (QED) is 0.887. The SMILES string of the molecule is CCOc1ccccc1C(O)c1cc(OC)ccc1OC. The minimum Gasteiger partial charge on any atom is -0.497 e. The van der Waals surface area contributed by atoms with Gasteiger partial charge in [-0.05, 0) is 31.2 Å². The predicted octanol–water partition coefficient (Wildman–Crippen LogP) is 3.18. The van der Waals surface area contributed by atoms with Crippen molar-refractivity contribution in [2.75, 3.05) is 20.8 Å². The zero-order chi connectivity index (χ0) is 15.2. The molecule has 0 saturated carbocycles. The standard InChI is InChI=1S/C17H20O4/c1-4-21-16-8-6-5-7-13(16)17(18)14-11-12(19-2)9-10-15(14)20-3/h5-11,17-18H,4H2,1-3H3. The normalized spacial score (nSPS) is 11.8. The molecule has 0 bridgehead atoms. The van der Waals surface area contributed by atoms with Crippen molar-refractivity contribution in [3.05, 3.63) is 53.6 Å². The van der Waals surface area contributed by atoms with Gasteiger partial charge in [0.05, 0.1) is 20.8 Å². The summed E-state index contributed by atoms with van der Waals surface area (Å²) in [6.07, 6.45) is -0.849. The summed E-state index contributed by atoms with van der Waals surface area (Å²) in [6.45, 7) is 2.45. The Labute approximate surface area is 124 Å². The van der Waals surface area contributed by atoms with Crippen LogP contribution in [0.2, 0.25) is 0 Å². The Kier molecular flexibility index (Phi) is 5.06. The van der Waals surface area contributed by atoms with E-state index in [1.165, 1.54) is 0 Å². The van der Waals surface area contributed by atoms with E-state index in [-0.39, 0.29) is 0 Å². The lowest BCUT2D eigenvalue weighted by Crippen LogP contribution is -2.06. The minimum absolute atomic E-state index is 0.541. The maximum atomic E-state index is 10.7. The lowest BCUT2D eigenvalue weighted by atomic mass is 9.99. The number of aliphatic hydroxyl groups excluding tert-OH is 1. The van der Waals surface area contributed by atoms with Gasteiger partial charge in [-0.15, -0.1) is 0 Å². The summed E-state index contributed by atoms with van der Waals surface area (Å²) in [5.74, 6) is 1.94. The zero-order valence-electron chi connectivity index (χ0n) is 12.5. The molecule has 0 aliphatic rings. The highest BCUT2D eigenvalue weighted by atomic mass is 16.5. The number of ether oxygens (including phenoxy) is 3. The second kappa shape index (κ2) is 6.99. The van der Waals surface area contributed by atoms with Crippen LogP contribution in [0.4, 0.5) is 0 Å². The molecule has 1 N–H and O–H groups in total. The molecule has 0 aliphatic carbocycles. The van der Waals surface area contributed by atoms with Crippen molar-refractivity contribution in [3.63, 3.8) is 0 Å². The Morgan fingerprint density at radius 1 is 0.952 bits per heavy atom. The minimum atomic E-state index is -0.849. The predicted molar refractivity (Wildman–Crippen MR) is 81.2 cm³/mol. The Morgan fingerprint density at radius 2 is 1.71 bits per heavy atom. The van der Waals surface area contributed by atoms with E-state index in [2.05, 4.69) is 0 Å². The van der Waals surface area contributed by atoms with E-state index in [9.17, 15) is 5.11 Å². The van der Waals surface area contributed by atoms with Gasteiger partial charge in [-0.1, -0.05) is 18.2 Å². The molecule has 21 heavy (non-hydrogen) atoms. The molecule has 112 valence electrons. The molecule has 2 aromatic rings. The number of hydrogen-bond donors (Lipinski definition) is 1. The molecule has 2 rings (SSSR count). The molecule has 0 heterocycles. The van der Waals surface area contributed by atoms with Crippen LogP contribution in [0.15, 0.2) is 42.5 Å². The Morgan fingerprint density at radius 3 is 2.38 bits per heavy atom. The van der Waals surface area contributed by atoms with Gasteiger partial charge in [0.25, 0.3) is 0 Å². The highest BCUT2D eigenvalue weighted by Crippen LogP contribution is 2.36. The molecule has 1 unspecified atom stereocenters. The highest BCUT2D eigenvalue weighted by Gasteiger charge is 2.19. The molecule has 0 radical (unpaired) electrons. The maximum Gasteiger partial charge on any atom is 0.125 e. The molecule has 1 atom stereocenters. The number of rotatable bonds is 6. The average molecular weight is 288 g/mol. The van der Waals surface area contributed by atoms with Crippen molar-refractivity contribution in [2.45, 2.75) is 13.0 Å². The van der Waals surface area contributed by atoms with Crippen LogP contribution in [0.3, 0.4) is 0 Å². The largest absolute Gasteiger partial charge is 0.497 e. The van der Waals surface area contributed by atoms with E-state index in [4.69, 9.17) is 14.2 Å². The van der Waals surface area contributed by atoms with Crippen LogP contribution in [-0.2, 0) is 0 Å². The van der Waals surface area contributed by atoms with E-state index in [0.717, 1.165) is 0 Å². The molecular weight excluding hydrogens is 268 g/mol. The first kappa shape index (κ1) is 15.2. The van der Waals surface area contributed by atoms with Crippen molar-refractivity contribution in [3.8, 4) is 17.2 Å². The maximum absolute atomic E-state index is 10.7. The van der Waals surface area contributed by atoms with E-state index >= 15 is 0 Å². The molecule has 0 aromatic heterocycles. The summed E-state index contributed by atoms with van der Waals surface area (Å²) in [5.41, 5.74) is 1.34. The number of para-hydroxylation sites is 1. The lowest BCUT2D eigenvalue weighted by molar-refractivity contribution is 0.206. The van der Waals surface area contributed by atoms with Crippen molar-refractivity contribution >= 4 is 0 Å². The van der Waals surface area contributed by atoms with Crippen molar-refractivity contribution in [1.29, 1.82) is 0 Å². The first-order valence-electron chi connectivity index (χ1n) is 6.83. The topological polar surface area (TPSA) is 47.9 Å². The smallest absolute Gasteiger partial charge is 0.125 e. The van der Waals surface area contributed by atoms with Gasteiger partial charge in [0.15, 0.2) is 0 Å². The van der Waals surface area contributed by atoms with Crippen LogP contribution in [0, 0.1) is 0 Å². The Balaban J connectivity index is 2.46. The fourth-order valence-corrected chi connectivity index (χ4v) is 2.21. The van der Waals surface area contributed by atoms with Gasteiger partial charge < -0.3 is 19.3 Å². The van der Waals surface area contributed by atoms with Gasteiger partial charge in [-0.2, -0.15) is 0 Å². The summed E-state index contributed by atoms with van der Waals surface area (Å²) in [4.78, 5) is 0. The van der Waals surface area contributed by atoms with E-state index in [1.807, 2.05) is 31.2 Å². The first-order valence-corrected chi connectivity index (χ1v) is 6.83. The fraction of sp³-hybridized carbons (Fsp3) is 0.294. The van der Waals surface area contributed by atoms with Gasteiger partial charge in [0, 0.05) is 11.1 Å². The summed E-state index contributed by atoms with van der Waals surface area (Å²) >= 11 is 0. The molecule has 0 saturated heterocycles. The Bertz CT molecular complexity index is 595. The van der Waals surface area contributed by atoms with Gasteiger partial charge in [-0.3, -0.25) is 0 Å². The van der Waals surface area contributed by atoms with E-state index < -0.39 is 6.10 Å². The fourth-order valence-electron chi connectivity index (χ4n) is 2.21. The third-order valence-corrected chi connectivity index (χ3v) is 3.24. The van der Waals surface area contributed by atoms with Crippen LogP contribution in [0.25, 0.3) is 0 Å². The molecule has 0 fully saturated rings. The van der Waals surface area contributed by atoms with Crippen LogP contribution in [0.5, 0.6) is 17.2 Å². The third kappa shape index (κ3) is 3.28. The third-order valence-electron chi connectivity index (χ3n) is 3.24. The first-order chi connectivity index (χ1) is 10.2. The van der Waals surface area contributed by atoms with Crippen molar-refractivity contribution in [1.82, 2.24) is 0 Å². The van der Waals surface area contributed by atoms with Crippen LogP contribution < -0.4 is 14.2 Å². The second-order valence-electron chi connectivity index (χ2n) is 4.48. The van der Waals surface area contributed by atoms with Crippen molar-refractivity contribution < 1.29 is 19.3 Å². The van der Waals surface area contributed by atoms with Gasteiger partial charge >= 0.3 is 0 Å². The zero-order valence-corrected chi connectivity index (χ0v) is 12.5. The molecule has 4 heteroatoms. The van der Waals surface area contributed by atoms with E-state index in [0.29, 0.717) is 35.0 Å². The number of benzene rings is 2. The van der Waals surface area contributed by atoms with Crippen LogP contribution in [-0.4, -0.2) is 25.9 Å². The molecule has 0 aliphatic heterocycles. The Hall–Kier alpha value is -2.20. The second-order valence-corrected chi connectivity index (χ2v) is 4.48. The van der Waals surface area contributed by atoms with Gasteiger partial charge in [-0.25, -0.2) is 0 Å².